The van der Waals surface area contributed by atoms with E-state index in [1.54, 1.807) is 0 Å². The zero-order valence-electron chi connectivity index (χ0n) is 14.7. The number of hydrogen-bond acceptors (Lipinski definition) is 7. The van der Waals surface area contributed by atoms with Crippen molar-refractivity contribution in [3.63, 3.8) is 0 Å². The van der Waals surface area contributed by atoms with Gasteiger partial charge in [0.2, 0.25) is 11.8 Å². The molecule has 0 rings (SSSR count). The number of nitrogens with one attached hydrogen (secondary N) is 3. The summed E-state index contributed by atoms with van der Waals surface area (Å²) in [6.07, 6.45) is 0. The average Bonchev–Trinajstić information content (AvgIpc) is 2.56. The van der Waals surface area contributed by atoms with Crippen LogP contribution in [0.25, 0.3) is 0 Å². The van der Waals surface area contributed by atoms with Crippen molar-refractivity contribution in [2.75, 3.05) is 79.5 Å². The summed E-state index contributed by atoms with van der Waals surface area (Å²) in [7, 11) is 1.87. The van der Waals surface area contributed by atoms with Gasteiger partial charge >= 0.3 is 0 Å². The smallest absolute Gasteiger partial charge is 0.246 e. The van der Waals surface area contributed by atoms with E-state index in [1.807, 2.05) is 14.0 Å². The van der Waals surface area contributed by atoms with Crippen LogP contribution >= 0.6 is 0 Å². The van der Waals surface area contributed by atoms with Gasteiger partial charge in [-0.15, -0.1) is 0 Å². The summed E-state index contributed by atoms with van der Waals surface area (Å²) < 4.78 is 20.9. The van der Waals surface area contributed by atoms with Gasteiger partial charge in [0.15, 0.2) is 0 Å². The minimum atomic E-state index is -0.280. The van der Waals surface area contributed by atoms with Crippen LogP contribution in [0, 0.1) is 0 Å². The Labute approximate surface area is 143 Å². The van der Waals surface area contributed by atoms with Crippen LogP contribution in [0.2, 0.25) is 0 Å². The van der Waals surface area contributed by atoms with E-state index in [9.17, 15) is 9.59 Å². The number of carbonyl (C=O) groups is 2. The van der Waals surface area contributed by atoms with Crippen molar-refractivity contribution in [1.29, 1.82) is 0 Å². The zero-order chi connectivity index (χ0) is 17.9. The van der Waals surface area contributed by atoms with Gasteiger partial charge in [-0.25, -0.2) is 0 Å². The zero-order valence-corrected chi connectivity index (χ0v) is 14.7. The average molecular weight is 349 g/mol. The highest BCUT2D eigenvalue weighted by molar-refractivity contribution is 5.79. The maximum absolute atomic E-state index is 11.4. The normalized spacial score (nSPS) is 10.6. The monoisotopic (exact) mass is 349 g/mol. The first kappa shape index (κ1) is 22.7. The molecular weight excluding hydrogens is 318 g/mol. The summed E-state index contributed by atoms with van der Waals surface area (Å²) in [5.74, 6) is -0.515. The highest BCUT2D eigenvalue weighted by Gasteiger charge is 2.03. The molecule has 3 N–H and O–H groups in total. The third kappa shape index (κ3) is 17.1. The van der Waals surface area contributed by atoms with Gasteiger partial charge in [0.05, 0.1) is 39.6 Å². The summed E-state index contributed by atoms with van der Waals surface area (Å²) in [6.45, 7) is 6.41. The topological polar surface area (TPSA) is 107 Å². The third-order valence-corrected chi connectivity index (χ3v) is 2.65. The quantitative estimate of drug-likeness (QED) is 0.275. The second-order valence-electron chi connectivity index (χ2n) is 4.74. The number of hydrogen-bond donors (Lipinski definition) is 3. The molecule has 0 spiro atoms. The Hall–Kier alpha value is -1.26. The van der Waals surface area contributed by atoms with Crippen LogP contribution in [-0.4, -0.2) is 91.4 Å². The van der Waals surface area contributed by atoms with Gasteiger partial charge in [-0.1, -0.05) is 0 Å². The van der Waals surface area contributed by atoms with Crippen molar-refractivity contribution in [3.8, 4) is 0 Å². The maximum atomic E-state index is 11.4. The molecule has 0 aromatic carbocycles. The molecule has 0 aliphatic rings. The molecule has 0 fully saturated rings. The van der Waals surface area contributed by atoms with E-state index in [4.69, 9.17) is 18.9 Å². The second-order valence-corrected chi connectivity index (χ2v) is 4.74. The lowest BCUT2D eigenvalue weighted by molar-refractivity contribution is -0.131. The molecule has 0 heterocycles. The van der Waals surface area contributed by atoms with E-state index in [1.165, 1.54) is 0 Å². The first-order valence-corrected chi connectivity index (χ1v) is 8.19. The fourth-order valence-corrected chi connectivity index (χ4v) is 1.51. The van der Waals surface area contributed by atoms with E-state index in [2.05, 4.69) is 16.0 Å². The lowest BCUT2D eigenvalue weighted by Crippen LogP contribution is -2.33. The molecule has 0 bridgehead atoms. The van der Waals surface area contributed by atoms with Gasteiger partial charge < -0.3 is 34.9 Å². The largest absolute Gasteiger partial charge is 0.378 e. The second kappa shape index (κ2) is 18.1. The van der Waals surface area contributed by atoms with E-state index in [-0.39, 0.29) is 25.0 Å². The molecule has 0 aromatic rings. The van der Waals surface area contributed by atoms with E-state index >= 15 is 0 Å². The number of rotatable bonds is 17. The third-order valence-electron chi connectivity index (χ3n) is 2.65. The highest BCUT2D eigenvalue weighted by Crippen LogP contribution is 1.81. The van der Waals surface area contributed by atoms with Crippen LogP contribution in [0.3, 0.4) is 0 Å². The van der Waals surface area contributed by atoms with Crippen LogP contribution < -0.4 is 16.0 Å². The van der Waals surface area contributed by atoms with Gasteiger partial charge in [-0.05, 0) is 14.0 Å². The molecule has 142 valence electrons. The summed E-state index contributed by atoms with van der Waals surface area (Å²) in [6, 6.07) is 0. The molecule has 0 unspecified atom stereocenters. The van der Waals surface area contributed by atoms with Crippen molar-refractivity contribution < 1.29 is 28.5 Å². The number of ether oxygens (including phenoxy) is 4. The van der Waals surface area contributed by atoms with Gasteiger partial charge in [-0.3, -0.25) is 9.59 Å². The predicted molar refractivity (Wildman–Crippen MR) is 88.9 cm³/mol. The molecule has 0 aromatic heterocycles. The molecule has 0 radical (unpaired) electrons. The maximum Gasteiger partial charge on any atom is 0.246 e. The first-order chi connectivity index (χ1) is 11.7. The first-order valence-electron chi connectivity index (χ1n) is 8.19. The molecule has 9 heteroatoms. The van der Waals surface area contributed by atoms with Crippen molar-refractivity contribution in [1.82, 2.24) is 16.0 Å². The number of carbonyl (C=O) groups excluding carboxylic acids is 2. The van der Waals surface area contributed by atoms with Crippen LogP contribution in [0.15, 0.2) is 0 Å². The molecule has 24 heavy (non-hydrogen) atoms. The van der Waals surface area contributed by atoms with Gasteiger partial charge in [0.1, 0.15) is 13.2 Å². The summed E-state index contributed by atoms with van der Waals surface area (Å²) in [5.41, 5.74) is 0. The molecule has 0 aliphatic carbocycles. The fourth-order valence-electron chi connectivity index (χ4n) is 1.51. The highest BCUT2D eigenvalue weighted by atomic mass is 16.5. The molecule has 0 saturated carbocycles. The molecule has 2 amide bonds. The van der Waals surface area contributed by atoms with Crippen molar-refractivity contribution in [2.45, 2.75) is 6.92 Å². The lowest BCUT2D eigenvalue weighted by atomic mass is 10.5. The Bertz CT molecular complexity index is 318. The lowest BCUT2D eigenvalue weighted by Gasteiger charge is -2.08. The fraction of sp³-hybridized carbons (Fsp3) is 0.867. The number of amides is 2. The van der Waals surface area contributed by atoms with Gasteiger partial charge in [0, 0.05) is 19.6 Å². The van der Waals surface area contributed by atoms with Crippen LogP contribution in [0.5, 0.6) is 0 Å². The Kier molecular flexibility index (Phi) is 17.1. The Morgan fingerprint density at radius 1 is 0.708 bits per heavy atom. The van der Waals surface area contributed by atoms with Crippen molar-refractivity contribution >= 4 is 11.8 Å². The standard InChI is InChI=1S/C15H31N3O6/c1-3-17-14(19)12-24-13-15(20)18-5-7-22-9-11-23-10-8-21-6-4-16-2/h16H,3-13H2,1-2H3,(H,17,19)(H,18,20). The van der Waals surface area contributed by atoms with Gasteiger partial charge in [0.25, 0.3) is 0 Å². The molecule has 0 saturated heterocycles. The molecular formula is C15H31N3O6. The minimum Gasteiger partial charge on any atom is -0.378 e. The molecule has 9 nitrogen and oxygen atoms in total. The Morgan fingerprint density at radius 2 is 1.21 bits per heavy atom. The number of likely N-dealkylation sites (N-methyl/N-ethyl adjacent to an activating group) is 2. The van der Waals surface area contributed by atoms with Crippen molar-refractivity contribution in [3.05, 3.63) is 0 Å². The summed E-state index contributed by atoms with van der Waals surface area (Å²) >= 11 is 0. The summed E-state index contributed by atoms with van der Waals surface area (Å²) in [5, 5.41) is 8.19. The van der Waals surface area contributed by atoms with Crippen LogP contribution in [0.4, 0.5) is 0 Å². The van der Waals surface area contributed by atoms with Crippen LogP contribution in [0.1, 0.15) is 6.92 Å². The predicted octanol–water partition coefficient (Wildman–Crippen LogP) is -1.48. The molecule has 0 atom stereocenters. The van der Waals surface area contributed by atoms with E-state index in [0.717, 1.165) is 6.54 Å². The van der Waals surface area contributed by atoms with Crippen molar-refractivity contribution in [2.24, 2.45) is 0 Å². The van der Waals surface area contributed by atoms with E-state index in [0.29, 0.717) is 52.7 Å². The van der Waals surface area contributed by atoms with E-state index < -0.39 is 0 Å². The Balaban J connectivity index is 3.20. The minimum absolute atomic E-state index is 0.117. The summed E-state index contributed by atoms with van der Waals surface area (Å²) in [4.78, 5) is 22.5. The Morgan fingerprint density at radius 3 is 1.75 bits per heavy atom. The molecule has 0 aliphatic heterocycles. The van der Waals surface area contributed by atoms with Gasteiger partial charge in [-0.2, -0.15) is 0 Å². The van der Waals surface area contributed by atoms with Crippen LogP contribution in [-0.2, 0) is 28.5 Å². The SMILES string of the molecule is CCNC(=O)COCC(=O)NCCOCCOCCOCCNC.